The lowest BCUT2D eigenvalue weighted by Crippen LogP contribution is -2.42. The molecule has 0 aromatic heterocycles. The standard InChI is InChI=1S/C22H44N2O4S/c1-10-17(2)18(25)29-22(7,8)12-15-28-24(9)14-11-13-23-19(26)20(3,4)16-21(5,6)27/h17,27H,10-16H2,1-9H3,(H,23,26). The average molecular weight is 433 g/mol. The molecule has 1 amide bonds. The first-order valence-corrected chi connectivity index (χ1v) is 11.5. The minimum absolute atomic E-state index is 0.0482. The fraction of sp³-hybridized carbons (Fsp3) is 0.909. The van der Waals surface area contributed by atoms with Gasteiger partial charge >= 0.3 is 0 Å². The van der Waals surface area contributed by atoms with E-state index in [1.165, 1.54) is 11.8 Å². The number of nitrogens with zero attached hydrogens (tertiary/aromatic N) is 1. The Kier molecular flexibility index (Phi) is 12.0. The molecule has 172 valence electrons. The summed E-state index contributed by atoms with van der Waals surface area (Å²) >= 11 is 1.41. The molecule has 0 aromatic carbocycles. The van der Waals surface area contributed by atoms with Crippen LogP contribution in [0.15, 0.2) is 0 Å². The van der Waals surface area contributed by atoms with Gasteiger partial charge in [-0.05, 0) is 39.5 Å². The third kappa shape index (κ3) is 13.3. The number of hydroxylamine groups is 2. The highest BCUT2D eigenvalue weighted by molar-refractivity contribution is 8.14. The van der Waals surface area contributed by atoms with Crippen molar-refractivity contribution in [2.45, 2.75) is 91.4 Å². The largest absolute Gasteiger partial charge is 0.390 e. The summed E-state index contributed by atoms with van der Waals surface area (Å²) in [6.07, 6.45) is 2.83. The van der Waals surface area contributed by atoms with E-state index < -0.39 is 11.0 Å². The van der Waals surface area contributed by atoms with Crippen LogP contribution in [0.3, 0.4) is 0 Å². The van der Waals surface area contributed by atoms with Crippen molar-refractivity contribution in [3.8, 4) is 0 Å². The molecule has 0 aliphatic rings. The number of amides is 1. The molecule has 1 unspecified atom stereocenters. The highest BCUT2D eigenvalue weighted by atomic mass is 32.2. The summed E-state index contributed by atoms with van der Waals surface area (Å²) in [6, 6.07) is 0. The van der Waals surface area contributed by atoms with Gasteiger partial charge in [0.25, 0.3) is 0 Å². The number of rotatable bonds is 14. The maximum absolute atomic E-state index is 12.3. The lowest BCUT2D eigenvalue weighted by molar-refractivity contribution is -0.142. The van der Waals surface area contributed by atoms with E-state index in [2.05, 4.69) is 19.2 Å². The fourth-order valence-electron chi connectivity index (χ4n) is 3.01. The lowest BCUT2D eigenvalue weighted by atomic mass is 9.81. The van der Waals surface area contributed by atoms with Gasteiger partial charge in [0.2, 0.25) is 5.91 Å². The third-order valence-corrected chi connectivity index (χ3v) is 6.19. The normalized spacial score (nSPS) is 14.2. The van der Waals surface area contributed by atoms with Crippen LogP contribution in [-0.2, 0) is 14.4 Å². The van der Waals surface area contributed by atoms with Gasteiger partial charge in [0, 0.05) is 36.2 Å². The molecular formula is C22H44N2O4S. The van der Waals surface area contributed by atoms with Crippen molar-refractivity contribution in [1.29, 1.82) is 0 Å². The van der Waals surface area contributed by atoms with Crippen LogP contribution in [0, 0.1) is 11.3 Å². The molecule has 0 aliphatic heterocycles. The van der Waals surface area contributed by atoms with Crippen LogP contribution in [0.2, 0.25) is 0 Å². The number of thioether (sulfide) groups is 1. The second kappa shape index (κ2) is 12.3. The van der Waals surface area contributed by atoms with E-state index in [9.17, 15) is 14.7 Å². The zero-order valence-corrected chi connectivity index (χ0v) is 20.9. The number of hydrogen-bond donors (Lipinski definition) is 2. The van der Waals surface area contributed by atoms with E-state index in [0.717, 1.165) is 19.3 Å². The predicted molar refractivity (Wildman–Crippen MR) is 122 cm³/mol. The van der Waals surface area contributed by atoms with E-state index >= 15 is 0 Å². The molecule has 6 nitrogen and oxygen atoms in total. The van der Waals surface area contributed by atoms with Crippen molar-refractivity contribution >= 4 is 22.8 Å². The van der Waals surface area contributed by atoms with Crippen molar-refractivity contribution < 1.29 is 19.5 Å². The molecule has 0 rings (SSSR count). The molecule has 7 heteroatoms. The first kappa shape index (κ1) is 28.4. The lowest BCUT2D eigenvalue weighted by Gasteiger charge is -2.30. The molecule has 0 aliphatic carbocycles. The Morgan fingerprint density at radius 3 is 2.28 bits per heavy atom. The summed E-state index contributed by atoms with van der Waals surface area (Å²) in [7, 11) is 1.88. The van der Waals surface area contributed by atoms with E-state index in [4.69, 9.17) is 4.84 Å². The van der Waals surface area contributed by atoms with Crippen LogP contribution >= 0.6 is 11.8 Å². The Morgan fingerprint density at radius 1 is 1.17 bits per heavy atom. The van der Waals surface area contributed by atoms with Gasteiger partial charge in [0.1, 0.15) is 0 Å². The maximum Gasteiger partial charge on any atom is 0.225 e. The van der Waals surface area contributed by atoms with Gasteiger partial charge in [-0.2, -0.15) is 5.06 Å². The highest BCUT2D eigenvalue weighted by Crippen LogP contribution is 2.31. The van der Waals surface area contributed by atoms with Crippen molar-refractivity contribution in [1.82, 2.24) is 10.4 Å². The molecule has 1 atom stereocenters. The fourth-order valence-corrected chi connectivity index (χ4v) is 4.11. The first-order chi connectivity index (χ1) is 13.1. The minimum Gasteiger partial charge on any atom is -0.390 e. The summed E-state index contributed by atoms with van der Waals surface area (Å²) < 4.78 is -0.151. The van der Waals surface area contributed by atoms with Crippen LogP contribution in [0.1, 0.15) is 81.1 Å². The molecular weight excluding hydrogens is 388 g/mol. The molecule has 29 heavy (non-hydrogen) atoms. The number of nitrogens with one attached hydrogen (secondary N) is 1. The Balaban J connectivity index is 4.10. The zero-order chi connectivity index (χ0) is 22.9. The van der Waals surface area contributed by atoms with Crippen LogP contribution in [0.4, 0.5) is 0 Å². The molecule has 0 saturated heterocycles. The topological polar surface area (TPSA) is 78.9 Å². The van der Waals surface area contributed by atoms with Crippen LogP contribution in [0.25, 0.3) is 0 Å². The van der Waals surface area contributed by atoms with E-state index in [0.29, 0.717) is 26.1 Å². The van der Waals surface area contributed by atoms with Crippen LogP contribution < -0.4 is 5.32 Å². The van der Waals surface area contributed by atoms with E-state index in [-0.39, 0.29) is 21.7 Å². The molecule has 0 aromatic rings. The Bertz CT molecular complexity index is 515. The minimum atomic E-state index is -0.875. The molecule has 2 N–H and O–H groups in total. The molecule has 0 saturated carbocycles. The summed E-state index contributed by atoms with van der Waals surface area (Å²) in [5.41, 5.74) is -1.49. The van der Waals surface area contributed by atoms with Crippen molar-refractivity contribution in [2.75, 3.05) is 26.7 Å². The van der Waals surface area contributed by atoms with Gasteiger partial charge < -0.3 is 10.4 Å². The third-order valence-electron chi connectivity index (χ3n) is 4.83. The Labute approximate surface area is 182 Å². The summed E-state index contributed by atoms with van der Waals surface area (Å²) in [6.45, 7) is 17.1. The quantitative estimate of drug-likeness (QED) is 0.319. The molecule has 0 heterocycles. The predicted octanol–water partition coefficient (Wildman–Crippen LogP) is 4.02. The molecule has 0 fully saturated rings. The van der Waals surface area contributed by atoms with Gasteiger partial charge in [0.05, 0.1) is 12.2 Å². The Hall–Kier alpha value is -0.630. The zero-order valence-electron chi connectivity index (χ0n) is 20.1. The van der Waals surface area contributed by atoms with Crippen LogP contribution in [0.5, 0.6) is 0 Å². The van der Waals surface area contributed by atoms with Gasteiger partial charge in [0.15, 0.2) is 5.12 Å². The van der Waals surface area contributed by atoms with Gasteiger partial charge in [-0.1, -0.05) is 53.3 Å². The van der Waals surface area contributed by atoms with Crippen LogP contribution in [-0.4, -0.2) is 58.3 Å². The number of hydrogen-bond acceptors (Lipinski definition) is 6. The SMILES string of the molecule is CCC(C)C(=O)SC(C)(C)CCON(C)CCCNC(=O)C(C)(C)CC(C)(C)O. The Morgan fingerprint density at radius 2 is 1.76 bits per heavy atom. The summed E-state index contributed by atoms with van der Waals surface area (Å²) in [5, 5.41) is 14.9. The van der Waals surface area contributed by atoms with Gasteiger partial charge in [-0.15, -0.1) is 0 Å². The second-order valence-electron chi connectivity index (χ2n) is 9.91. The summed E-state index contributed by atoms with van der Waals surface area (Å²) in [5.74, 6) is 0.0412. The molecule has 0 radical (unpaired) electrons. The van der Waals surface area contributed by atoms with Gasteiger partial charge in [-0.3, -0.25) is 14.4 Å². The van der Waals surface area contributed by atoms with E-state index in [1.54, 1.807) is 18.9 Å². The van der Waals surface area contributed by atoms with E-state index in [1.807, 2.05) is 34.7 Å². The number of carbonyl (C=O) groups is 2. The molecule has 0 spiro atoms. The van der Waals surface area contributed by atoms with Crippen molar-refractivity contribution in [2.24, 2.45) is 11.3 Å². The number of aliphatic hydroxyl groups is 1. The maximum atomic E-state index is 12.3. The van der Waals surface area contributed by atoms with Crippen molar-refractivity contribution in [3.05, 3.63) is 0 Å². The van der Waals surface area contributed by atoms with Crippen molar-refractivity contribution in [3.63, 3.8) is 0 Å². The molecule has 0 bridgehead atoms. The number of carbonyl (C=O) groups excluding carboxylic acids is 2. The summed E-state index contributed by atoms with van der Waals surface area (Å²) in [4.78, 5) is 30.2. The van der Waals surface area contributed by atoms with Gasteiger partial charge in [-0.25, -0.2) is 0 Å². The highest BCUT2D eigenvalue weighted by Gasteiger charge is 2.33. The smallest absolute Gasteiger partial charge is 0.225 e. The monoisotopic (exact) mass is 432 g/mol. The average Bonchev–Trinajstić information content (AvgIpc) is 2.54. The second-order valence-corrected chi connectivity index (χ2v) is 11.6. The first-order valence-electron chi connectivity index (χ1n) is 10.7.